The predicted octanol–water partition coefficient (Wildman–Crippen LogP) is -0.268. The first-order valence-corrected chi connectivity index (χ1v) is 8.72. The number of carbonyl (C=O) groups excluding carboxylic acids is 4. The molecule has 2 saturated heterocycles. The van der Waals surface area contributed by atoms with E-state index in [9.17, 15) is 19.2 Å². The molecule has 1 N–H and O–H groups in total. The van der Waals surface area contributed by atoms with E-state index in [4.69, 9.17) is 0 Å². The summed E-state index contributed by atoms with van der Waals surface area (Å²) in [5.74, 6) is -0.519. The molecule has 1 atom stereocenters. The molecule has 3 amide bonds. The van der Waals surface area contributed by atoms with Gasteiger partial charge < -0.3 is 24.6 Å². The van der Waals surface area contributed by atoms with Gasteiger partial charge in [0.1, 0.15) is 6.04 Å². The topological polar surface area (TPSA) is 96.0 Å². The molecule has 0 saturated carbocycles. The van der Waals surface area contributed by atoms with Crippen molar-refractivity contribution >= 4 is 24.2 Å². The number of esters is 1. The summed E-state index contributed by atoms with van der Waals surface area (Å²) in [6.45, 7) is 4.34. The quantitative estimate of drug-likeness (QED) is 0.266. The van der Waals surface area contributed by atoms with Gasteiger partial charge >= 0.3 is 5.97 Å². The molecule has 3 rings (SSSR count). The number of likely N-dealkylation sites (tertiary alicyclic amines) is 2. The summed E-state index contributed by atoms with van der Waals surface area (Å²) < 4.78 is 4.64. The third-order valence-electron chi connectivity index (χ3n) is 5.20. The van der Waals surface area contributed by atoms with Crippen molar-refractivity contribution in [2.45, 2.75) is 19.4 Å². The van der Waals surface area contributed by atoms with Crippen LogP contribution in [-0.2, 0) is 25.5 Å². The maximum Gasteiger partial charge on any atom is 0.326 e. The number of nitrogens with one attached hydrogen (secondary N) is 1. The summed E-state index contributed by atoms with van der Waals surface area (Å²) in [4.78, 5) is 49.6. The number of rotatable bonds is 6. The number of nitrogens with zero attached hydrogens (tertiary/aromatic N) is 2. The molecule has 2 heterocycles. The second kappa shape index (κ2) is 7.77. The molecule has 8 nitrogen and oxygen atoms in total. The van der Waals surface area contributed by atoms with Crippen molar-refractivity contribution in [2.75, 3.05) is 33.3 Å². The number of hydrogen-bond acceptors (Lipinski definition) is 5. The largest absolute Gasteiger partial charge is 0.520 e. The van der Waals surface area contributed by atoms with Crippen LogP contribution in [0.5, 0.6) is 0 Å². The minimum Gasteiger partial charge on any atom is -0.520 e. The van der Waals surface area contributed by atoms with Crippen molar-refractivity contribution in [3.8, 4) is 0 Å². The molecule has 0 aliphatic carbocycles. The van der Waals surface area contributed by atoms with Crippen LogP contribution >= 0.6 is 0 Å². The summed E-state index contributed by atoms with van der Waals surface area (Å²) in [5.41, 5.74) is 1.44. The van der Waals surface area contributed by atoms with Crippen LogP contribution in [-0.4, -0.2) is 73.3 Å². The van der Waals surface area contributed by atoms with Crippen LogP contribution in [0.3, 0.4) is 0 Å². The smallest absolute Gasteiger partial charge is 0.326 e. The Hall–Kier alpha value is -3.90. The second-order valence-electron chi connectivity index (χ2n) is 7.26. The Labute approximate surface area is 157 Å². The summed E-state index contributed by atoms with van der Waals surface area (Å²) >= 11 is 0. The molecule has 1 unspecified atom stereocenters. The molecule has 1 aromatic carbocycles. The first kappa shape index (κ1) is 20.4. The van der Waals surface area contributed by atoms with Crippen molar-refractivity contribution in [2.24, 2.45) is 5.41 Å². The predicted molar refractivity (Wildman–Crippen MR) is 95.4 cm³/mol. The van der Waals surface area contributed by atoms with E-state index in [2.05, 4.69) is 10.1 Å². The number of hydrogen-bond donors (Lipinski definition) is 1. The molecule has 2 aliphatic heterocycles. The van der Waals surface area contributed by atoms with Crippen molar-refractivity contribution in [1.82, 2.24) is 15.1 Å². The van der Waals surface area contributed by atoms with E-state index in [1.807, 2.05) is 0 Å². The van der Waals surface area contributed by atoms with Gasteiger partial charge in [-0.15, -0.1) is 0 Å². The SMILES string of the molecule is COC(=O)C(Cc1ccc(C(=O)N2CC3(CN(C(C)=O)C3)C2)cc1)N[C-]=O.[Fm]. The standard InChI is InChI=1S/C19H22N3O5.Fm/c1-13(24)21-8-19(9-21)10-22(11-19)17(25)15-5-3-14(4-6-15)7-16(20-12-23)18(26)27-2;/h3-6,16H,7-11H2,1-2H3,(H,20,23);/q-1;. The molecule has 1 spiro atoms. The van der Waals surface area contributed by atoms with Gasteiger partial charge in [0.2, 0.25) is 5.91 Å². The van der Waals surface area contributed by atoms with Crippen LogP contribution in [0.1, 0.15) is 22.8 Å². The van der Waals surface area contributed by atoms with E-state index in [1.165, 1.54) is 13.5 Å². The van der Waals surface area contributed by atoms with Crippen LogP contribution in [0.25, 0.3) is 0 Å². The number of methoxy groups -OCH3 is 1. The average molecular weight is 629 g/mol. The molecule has 2 aliphatic rings. The minimum absolute atomic E-state index is 0. The van der Waals surface area contributed by atoms with Gasteiger partial charge in [-0.25, -0.2) is 4.79 Å². The molecule has 0 aromatic heterocycles. The van der Waals surface area contributed by atoms with Crippen LogP contribution in [0, 0.1) is 5.41 Å². The fourth-order valence-corrected chi connectivity index (χ4v) is 3.70. The van der Waals surface area contributed by atoms with E-state index < -0.39 is 12.0 Å². The monoisotopic (exact) mass is 629 g/mol. The van der Waals surface area contributed by atoms with E-state index in [-0.39, 0.29) is 23.7 Å². The van der Waals surface area contributed by atoms with Crippen LogP contribution in [0.4, 0.5) is 0 Å². The van der Waals surface area contributed by atoms with Crippen LogP contribution in [0.2, 0.25) is 0 Å². The molecule has 156 valence electrons. The zero-order valence-corrected chi connectivity index (χ0v) is 18.1. The van der Waals surface area contributed by atoms with E-state index in [0.717, 1.165) is 18.7 Å². The number of ether oxygens (including phenoxy) is 1. The molecule has 0 bridgehead atoms. The van der Waals surface area contributed by atoms with Crippen molar-refractivity contribution in [1.29, 1.82) is 0 Å². The molecule has 2 fully saturated rings. The van der Waals surface area contributed by atoms with Crippen LogP contribution in [0.15, 0.2) is 24.3 Å². The Morgan fingerprint density at radius 1 is 1.14 bits per heavy atom. The Morgan fingerprint density at radius 2 is 1.71 bits per heavy atom. The summed E-state index contributed by atoms with van der Waals surface area (Å²) in [6, 6.07) is 6.12. The minimum atomic E-state index is -0.813. The molecule has 9 heteroatoms. The van der Waals surface area contributed by atoms with Crippen LogP contribution < -0.4 is 5.32 Å². The van der Waals surface area contributed by atoms with Gasteiger partial charge in [-0.3, -0.25) is 9.59 Å². The first-order valence-electron chi connectivity index (χ1n) is 8.72. The van der Waals surface area contributed by atoms with E-state index >= 15 is 0 Å². The van der Waals surface area contributed by atoms with Crippen molar-refractivity contribution in [3.63, 3.8) is 0 Å². The fourth-order valence-electron chi connectivity index (χ4n) is 3.70. The normalized spacial score (nSPS) is 17.5. The maximum atomic E-state index is 12.6. The van der Waals surface area contributed by atoms with Gasteiger partial charge in [-0.1, -0.05) is 12.1 Å². The average Bonchev–Trinajstić information content (AvgIpc) is 2.58. The summed E-state index contributed by atoms with van der Waals surface area (Å²) in [7, 11) is 1.25. The molecule has 28 heavy (non-hydrogen) atoms. The number of carbonyl (C=O) groups is 3. The maximum absolute atomic E-state index is 12.6. The molecular formula is C19H22FmN3O5-. The van der Waals surface area contributed by atoms with Crippen molar-refractivity contribution in [3.05, 3.63) is 35.4 Å². The summed E-state index contributed by atoms with van der Waals surface area (Å²) in [5, 5.41) is 2.31. The molecule has 0 radical (unpaired) electrons. The van der Waals surface area contributed by atoms with Gasteiger partial charge in [-0.2, -0.15) is 6.41 Å². The third-order valence-corrected chi connectivity index (χ3v) is 5.20. The van der Waals surface area contributed by atoms with Gasteiger partial charge in [0.25, 0.3) is 5.91 Å². The van der Waals surface area contributed by atoms with E-state index in [0.29, 0.717) is 18.7 Å². The van der Waals surface area contributed by atoms with Gasteiger partial charge in [-0.05, 0) is 17.7 Å². The van der Waals surface area contributed by atoms with Gasteiger partial charge in [0.05, 0.1) is 7.11 Å². The molecule has 1 aromatic rings. The Kier molecular flexibility index (Phi) is 5.67. The Morgan fingerprint density at radius 3 is 2.21 bits per heavy atom. The number of benzene rings is 1. The Balaban J connectivity index is 0.00000280. The van der Waals surface area contributed by atoms with E-state index in [1.54, 1.807) is 41.0 Å². The second-order valence-corrected chi connectivity index (χ2v) is 7.26. The summed E-state index contributed by atoms with van der Waals surface area (Å²) in [6.07, 6.45) is 1.76. The fraction of sp³-hybridized carbons (Fsp3) is 0.474. The third kappa shape index (κ3) is 3.77. The Bertz CT molecular complexity index is 753. The van der Waals surface area contributed by atoms with Crippen molar-refractivity contribution < 1.29 is 23.9 Å². The molecular weight excluding hydrogens is 607 g/mol. The van der Waals surface area contributed by atoms with Gasteiger partial charge in [0, 0.05) is 50.5 Å². The number of amides is 3. The zero-order chi connectivity index (χ0) is 19.6. The first-order chi connectivity index (χ1) is 12.9. The van der Waals surface area contributed by atoms with Gasteiger partial charge in [0.15, 0.2) is 0 Å². The zero-order valence-electron chi connectivity index (χ0n) is 15.6.